The van der Waals surface area contributed by atoms with Gasteiger partial charge in [-0.3, -0.25) is 9.59 Å². The number of unbranched alkanes of at least 4 members (excludes halogenated alkanes) is 16. The van der Waals surface area contributed by atoms with E-state index in [0.717, 1.165) is 25.7 Å². The van der Waals surface area contributed by atoms with Gasteiger partial charge in [0.25, 0.3) is 0 Å². The summed E-state index contributed by atoms with van der Waals surface area (Å²) in [4.78, 5) is 24.1. The zero-order valence-corrected chi connectivity index (χ0v) is 22.9. The lowest BCUT2D eigenvalue weighted by Crippen LogP contribution is -2.28. The van der Waals surface area contributed by atoms with Gasteiger partial charge in [0.15, 0.2) is 6.10 Å². The van der Waals surface area contributed by atoms with Gasteiger partial charge in [-0.05, 0) is 12.8 Å². The van der Waals surface area contributed by atoms with Gasteiger partial charge in [0, 0.05) is 22.3 Å². The quantitative estimate of drug-likeness (QED) is 0.0738. The molecule has 2 unspecified atom stereocenters. The second kappa shape index (κ2) is 25.9. The zero-order chi connectivity index (χ0) is 24.4. The number of hydrogen-bond acceptors (Lipinski definition) is 5. The molecule has 6 heteroatoms. The highest BCUT2D eigenvalue weighted by Crippen LogP contribution is 2.13. The van der Waals surface area contributed by atoms with Crippen LogP contribution in [0.3, 0.4) is 0 Å². The normalized spacial score (nSPS) is 12.0. The Morgan fingerprint density at radius 1 is 0.576 bits per heavy atom. The van der Waals surface area contributed by atoms with Crippen molar-refractivity contribution in [2.75, 3.05) is 13.2 Å². The number of esters is 2. The van der Waals surface area contributed by atoms with Gasteiger partial charge in [-0.2, -0.15) is 0 Å². The molecule has 0 amide bonds. The molecule has 0 rings (SSSR count). The van der Waals surface area contributed by atoms with Crippen molar-refractivity contribution in [1.29, 1.82) is 0 Å². The van der Waals surface area contributed by atoms with Crippen molar-refractivity contribution in [2.45, 2.75) is 148 Å². The Balaban J connectivity index is 3.74. The fourth-order valence-corrected chi connectivity index (χ4v) is 4.10. The summed E-state index contributed by atoms with van der Waals surface area (Å²) in [6, 6.07) is 0. The third kappa shape index (κ3) is 24.3. The first-order valence-electron chi connectivity index (χ1n) is 13.8. The lowest BCUT2D eigenvalue weighted by atomic mass is 10.1. The van der Waals surface area contributed by atoms with Crippen LogP contribution >= 0.6 is 9.47 Å². The minimum atomic E-state index is -0.541. The summed E-state index contributed by atoms with van der Waals surface area (Å²) < 4.78 is 15.8. The summed E-state index contributed by atoms with van der Waals surface area (Å²) in [6.45, 7) is 4.74. The van der Waals surface area contributed by atoms with Gasteiger partial charge >= 0.3 is 11.9 Å². The fourth-order valence-electron chi connectivity index (χ4n) is 3.89. The van der Waals surface area contributed by atoms with E-state index in [0.29, 0.717) is 12.8 Å². The second-order valence-corrected chi connectivity index (χ2v) is 9.62. The van der Waals surface area contributed by atoms with E-state index in [4.69, 9.17) is 14.0 Å². The Kier molecular flexibility index (Phi) is 25.4. The van der Waals surface area contributed by atoms with Gasteiger partial charge in [-0.1, -0.05) is 117 Å². The lowest BCUT2D eigenvalue weighted by Gasteiger charge is -2.17. The monoisotopic (exact) mass is 488 g/mol. The zero-order valence-electron chi connectivity index (χ0n) is 21.8. The minimum Gasteiger partial charge on any atom is -0.462 e. The molecule has 0 bridgehead atoms. The van der Waals surface area contributed by atoms with E-state index in [9.17, 15) is 9.59 Å². The maximum Gasteiger partial charge on any atom is 0.306 e. The molecule has 0 aliphatic heterocycles. The largest absolute Gasteiger partial charge is 0.462 e. The average molecular weight is 489 g/mol. The smallest absolute Gasteiger partial charge is 0.306 e. The highest BCUT2D eigenvalue weighted by atomic mass is 31.0. The van der Waals surface area contributed by atoms with Gasteiger partial charge in [0.1, 0.15) is 6.61 Å². The molecule has 33 heavy (non-hydrogen) atoms. The molecule has 2 atom stereocenters. The number of hydrogen-bond donors (Lipinski definition) is 0. The third-order valence-corrected chi connectivity index (χ3v) is 6.17. The molecule has 0 radical (unpaired) electrons. The lowest BCUT2D eigenvalue weighted by molar-refractivity contribution is -0.160. The van der Waals surface area contributed by atoms with Gasteiger partial charge < -0.3 is 14.0 Å². The molecule has 0 heterocycles. The van der Waals surface area contributed by atoms with Gasteiger partial charge in [-0.25, -0.2) is 0 Å². The van der Waals surface area contributed by atoms with Gasteiger partial charge in [-0.15, -0.1) is 0 Å². The first-order chi connectivity index (χ1) is 16.1. The standard InChI is InChI=1S/C27H53O5P/c1-3-5-7-9-11-13-15-17-19-21-26(28)30-23-25(24-31-33)32-27(29)22-20-18-16-14-12-10-8-6-4-2/h25H,3-24,33H2,1-2H3. The highest BCUT2D eigenvalue weighted by Gasteiger charge is 2.17. The molecule has 0 N–H and O–H groups in total. The van der Waals surface area contributed by atoms with Gasteiger partial charge in [0.2, 0.25) is 0 Å². The summed E-state index contributed by atoms with van der Waals surface area (Å²) >= 11 is 0. The summed E-state index contributed by atoms with van der Waals surface area (Å²) in [6.07, 6.45) is 22.1. The van der Waals surface area contributed by atoms with E-state index in [1.54, 1.807) is 0 Å². The molecule has 0 spiro atoms. The van der Waals surface area contributed by atoms with E-state index >= 15 is 0 Å². The minimum absolute atomic E-state index is 0.0637. The van der Waals surface area contributed by atoms with Crippen LogP contribution in [0, 0.1) is 0 Å². The summed E-state index contributed by atoms with van der Waals surface area (Å²) in [5.74, 6) is -0.457. The maximum absolute atomic E-state index is 12.1. The molecule has 5 nitrogen and oxygen atoms in total. The third-order valence-electron chi connectivity index (χ3n) is 5.98. The number of carbonyl (C=O) groups excluding carboxylic acids is 2. The summed E-state index contributed by atoms with van der Waals surface area (Å²) in [7, 11) is 2.16. The molecule has 0 aromatic carbocycles. The average Bonchev–Trinajstić information content (AvgIpc) is 2.80. The van der Waals surface area contributed by atoms with E-state index in [2.05, 4.69) is 23.3 Å². The molecule has 0 aromatic rings. The molecule has 0 aromatic heterocycles. The molecule has 196 valence electrons. The maximum atomic E-state index is 12.1. The molecular formula is C27H53O5P. The molecular weight excluding hydrogens is 435 g/mol. The van der Waals surface area contributed by atoms with Crippen molar-refractivity contribution < 1.29 is 23.6 Å². The van der Waals surface area contributed by atoms with Crippen molar-refractivity contribution in [3.63, 3.8) is 0 Å². The van der Waals surface area contributed by atoms with Crippen LogP contribution in [-0.4, -0.2) is 31.3 Å². The Morgan fingerprint density at radius 3 is 1.39 bits per heavy atom. The van der Waals surface area contributed by atoms with Crippen LogP contribution in [0.25, 0.3) is 0 Å². The van der Waals surface area contributed by atoms with Crippen LogP contribution in [-0.2, 0) is 23.6 Å². The van der Waals surface area contributed by atoms with Crippen LogP contribution in [0.4, 0.5) is 0 Å². The predicted octanol–water partition coefficient (Wildman–Crippen LogP) is 8.09. The van der Waals surface area contributed by atoms with E-state index in [-0.39, 0.29) is 25.2 Å². The van der Waals surface area contributed by atoms with Crippen molar-refractivity contribution in [2.24, 2.45) is 0 Å². The number of ether oxygens (including phenoxy) is 2. The SMILES string of the molecule is CCCCCCCCCCCC(=O)OCC(COP)OC(=O)CCCCCCCCCCC. The first kappa shape index (κ1) is 32.3. The second-order valence-electron chi connectivity index (χ2n) is 9.29. The Morgan fingerprint density at radius 2 is 0.970 bits per heavy atom. The van der Waals surface area contributed by atoms with Crippen LogP contribution in [0.1, 0.15) is 142 Å². The molecule has 0 saturated heterocycles. The molecule has 0 fully saturated rings. The Bertz CT molecular complexity index is 444. The van der Waals surface area contributed by atoms with Crippen LogP contribution in [0.5, 0.6) is 0 Å². The predicted molar refractivity (Wildman–Crippen MR) is 140 cm³/mol. The Labute approximate surface area is 206 Å². The van der Waals surface area contributed by atoms with Gasteiger partial charge in [0.05, 0.1) is 6.61 Å². The van der Waals surface area contributed by atoms with E-state index in [1.807, 2.05) is 0 Å². The Hall–Kier alpha value is -0.670. The first-order valence-corrected chi connectivity index (χ1v) is 14.3. The molecule has 0 saturated carbocycles. The van der Waals surface area contributed by atoms with Crippen molar-refractivity contribution in [3.8, 4) is 0 Å². The molecule has 0 aliphatic carbocycles. The van der Waals surface area contributed by atoms with Crippen molar-refractivity contribution in [3.05, 3.63) is 0 Å². The topological polar surface area (TPSA) is 61.8 Å². The van der Waals surface area contributed by atoms with E-state index in [1.165, 1.54) is 89.9 Å². The van der Waals surface area contributed by atoms with Crippen molar-refractivity contribution >= 4 is 21.4 Å². The number of carbonyl (C=O) groups is 2. The van der Waals surface area contributed by atoms with E-state index < -0.39 is 6.10 Å². The van der Waals surface area contributed by atoms with Crippen molar-refractivity contribution in [1.82, 2.24) is 0 Å². The summed E-state index contributed by atoms with van der Waals surface area (Å²) in [5.41, 5.74) is 0. The number of rotatable bonds is 25. The molecule has 0 aliphatic rings. The summed E-state index contributed by atoms with van der Waals surface area (Å²) in [5, 5.41) is 0. The highest BCUT2D eigenvalue weighted by molar-refractivity contribution is 7.09. The van der Waals surface area contributed by atoms with Crippen LogP contribution < -0.4 is 0 Å². The van der Waals surface area contributed by atoms with Crippen LogP contribution in [0.15, 0.2) is 0 Å². The fraction of sp³-hybridized carbons (Fsp3) is 0.926. The van der Waals surface area contributed by atoms with Crippen LogP contribution in [0.2, 0.25) is 0 Å².